The van der Waals surface area contributed by atoms with E-state index in [0.717, 1.165) is 0 Å². The fourth-order valence-corrected chi connectivity index (χ4v) is 2.07. The lowest BCUT2D eigenvalue weighted by atomic mass is 10.3. The van der Waals surface area contributed by atoms with Gasteiger partial charge < -0.3 is 10.5 Å². The lowest BCUT2D eigenvalue weighted by Gasteiger charge is -2.07. The molecule has 0 aliphatic carbocycles. The Hall–Kier alpha value is -1.42. The maximum Gasteiger partial charge on any atom is 0.130 e. The monoisotopic (exact) mass is 328 g/mol. The van der Waals surface area contributed by atoms with Crippen LogP contribution in [0, 0.1) is 0 Å². The van der Waals surface area contributed by atoms with Crippen molar-refractivity contribution < 1.29 is 4.74 Å². The summed E-state index contributed by atoms with van der Waals surface area (Å²) in [5.74, 6) is 1.77. The zero-order valence-electron chi connectivity index (χ0n) is 10.3. The fraction of sp³-hybridized carbons (Fsp3) is 0.0714. The van der Waals surface area contributed by atoms with Crippen LogP contribution in [0.25, 0.3) is 0 Å². The zero-order chi connectivity index (χ0) is 14.5. The van der Waals surface area contributed by atoms with Crippen LogP contribution in [0.3, 0.4) is 0 Å². The van der Waals surface area contributed by atoms with E-state index >= 15 is 0 Å². The maximum absolute atomic E-state index is 5.91. The van der Waals surface area contributed by atoms with Crippen molar-refractivity contribution in [2.75, 3.05) is 5.88 Å². The van der Waals surface area contributed by atoms with E-state index in [0.29, 0.717) is 33.1 Å². The second kappa shape index (κ2) is 6.84. The van der Waals surface area contributed by atoms with Crippen LogP contribution in [-0.2, 0) is 0 Å². The standard InChI is InChI=1S/C14H11Cl3N2O/c15-8-14(18)19-11-1-3-12(4-2-11)20-13-6-9(16)5-10(17)7-13/h1-7H,8H2,(H2,18,19). The number of amidine groups is 1. The third-order valence-corrected chi connectivity index (χ3v) is 3.03. The van der Waals surface area contributed by atoms with Gasteiger partial charge in [0.1, 0.15) is 17.3 Å². The molecular weight excluding hydrogens is 319 g/mol. The number of alkyl halides is 1. The molecule has 0 aliphatic rings. The van der Waals surface area contributed by atoms with Crippen molar-refractivity contribution in [2.45, 2.75) is 0 Å². The number of ether oxygens (including phenoxy) is 1. The predicted octanol–water partition coefficient (Wildman–Crippen LogP) is 5.01. The van der Waals surface area contributed by atoms with Crippen LogP contribution in [0.5, 0.6) is 11.5 Å². The van der Waals surface area contributed by atoms with Gasteiger partial charge in [-0.25, -0.2) is 4.99 Å². The molecule has 104 valence electrons. The van der Waals surface area contributed by atoms with Gasteiger partial charge in [0.05, 0.1) is 11.6 Å². The number of benzene rings is 2. The summed E-state index contributed by atoms with van der Waals surface area (Å²) in [6.07, 6.45) is 0. The van der Waals surface area contributed by atoms with Crippen molar-refractivity contribution in [3.8, 4) is 11.5 Å². The highest BCUT2D eigenvalue weighted by atomic mass is 35.5. The summed E-state index contributed by atoms with van der Waals surface area (Å²) in [7, 11) is 0. The van der Waals surface area contributed by atoms with Gasteiger partial charge in [0, 0.05) is 10.0 Å². The smallest absolute Gasteiger partial charge is 0.130 e. The van der Waals surface area contributed by atoms with Crippen molar-refractivity contribution in [3.05, 3.63) is 52.5 Å². The summed E-state index contributed by atoms with van der Waals surface area (Å²) in [5.41, 5.74) is 6.27. The van der Waals surface area contributed by atoms with E-state index < -0.39 is 0 Å². The molecule has 0 saturated carbocycles. The molecule has 0 amide bonds. The van der Waals surface area contributed by atoms with Crippen molar-refractivity contribution in [3.63, 3.8) is 0 Å². The average molecular weight is 330 g/mol. The Morgan fingerprint density at radius 2 is 1.60 bits per heavy atom. The molecule has 0 saturated heterocycles. The topological polar surface area (TPSA) is 47.6 Å². The van der Waals surface area contributed by atoms with Gasteiger partial charge in [0.15, 0.2) is 0 Å². The highest BCUT2D eigenvalue weighted by Crippen LogP contribution is 2.29. The Balaban J connectivity index is 2.14. The van der Waals surface area contributed by atoms with E-state index in [-0.39, 0.29) is 5.88 Å². The van der Waals surface area contributed by atoms with Gasteiger partial charge in [-0.15, -0.1) is 11.6 Å². The van der Waals surface area contributed by atoms with Gasteiger partial charge in [0.2, 0.25) is 0 Å². The SMILES string of the molecule is NC(CCl)=Nc1ccc(Oc2cc(Cl)cc(Cl)c2)cc1. The summed E-state index contributed by atoms with van der Waals surface area (Å²) in [5, 5.41) is 1.03. The summed E-state index contributed by atoms with van der Waals surface area (Å²) in [6, 6.07) is 12.1. The average Bonchev–Trinajstić information content (AvgIpc) is 2.39. The maximum atomic E-state index is 5.91. The van der Waals surface area contributed by atoms with E-state index in [2.05, 4.69) is 4.99 Å². The number of hydrogen-bond donors (Lipinski definition) is 1. The minimum atomic E-state index is 0.194. The highest BCUT2D eigenvalue weighted by molar-refractivity contribution is 6.34. The molecule has 20 heavy (non-hydrogen) atoms. The van der Waals surface area contributed by atoms with Gasteiger partial charge in [0.25, 0.3) is 0 Å². The molecule has 0 unspecified atom stereocenters. The number of halogens is 3. The molecule has 2 N–H and O–H groups in total. The first kappa shape index (κ1) is 15.0. The number of hydrogen-bond acceptors (Lipinski definition) is 2. The molecule has 0 heterocycles. The van der Waals surface area contributed by atoms with Gasteiger partial charge >= 0.3 is 0 Å². The van der Waals surface area contributed by atoms with Crippen LogP contribution in [0.2, 0.25) is 10.0 Å². The Morgan fingerprint density at radius 1 is 1.00 bits per heavy atom. The van der Waals surface area contributed by atoms with Crippen LogP contribution in [0.1, 0.15) is 0 Å². The molecule has 0 aliphatic heterocycles. The van der Waals surface area contributed by atoms with E-state index in [1.807, 2.05) is 0 Å². The minimum Gasteiger partial charge on any atom is -0.457 e. The number of nitrogens with zero attached hydrogens (tertiary/aromatic N) is 1. The van der Waals surface area contributed by atoms with Gasteiger partial charge in [-0.3, -0.25) is 0 Å². The summed E-state index contributed by atoms with van der Waals surface area (Å²) in [4.78, 5) is 4.12. The number of nitrogens with two attached hydrogens (primary N) is 1. The molecule has 3 nitrogen and oxygen atoms in total. The fourth-order valence-electron chi connectivity index (χ4n) is 1.51. The van der Waals surface area contributed by atoms with Crippen molar-refractivity contribution in [1.29, 1.82) is 0 Å². The first-order valence-electron chi connectivity index (χ1n) is 5.70. The normalized spacial score (nSPS) is 11.4. The van der Waals surface area contributed by atoms with Gasteiger partial charge in [-0.05, 0) is 42.5 Å². The van der Waals surface area contributed by atoms with Crippen LogP contribution < -0.4 is 10.5 Å². The Morgan fingerprint density at radius 3 is 2.15 bits per heavy atom. The molecular formula is C14H11Cl3N2O. The van der Waals surface area contributed by atoms with E-state index in [9.17, 15) is 0 Å². The number of aliphatic imine (C=N–C) groups is 1. The molecule has 0 fully saturated rings. The lowest BCUT2D eigenvalue weighted by Crippen LogP contribution is -2.12. The molecule has 0 aromatic heterocycles. The first-order valence-corrected chi connectivity index (χ1v) is 6.99. The van der Waals surface area contributed by atoms with Gasteiger partial charge in [-0.2, -0.15) is 0 Å². The predicted molar refractivity (Wildman–Crippen MR) is 85.0 cm³/mol. The third-order valence-electron chi connectivity index (χ3n) is 2.32. The van der Waals surface area contributed by atoms with Crippen LogP contribution >= 0.6 is 34.8 Å². The largest absolute Gasteiger partial charge is 0.457 e. The highest BCUT2D eigenvalue weighted by Gasteiger charge is 2.01. The third kappa shape index (κ3) is 4.30. The Kier molecular flexibility index (Phi) is 5.12. The minimum absolute atomic E-state index is 0.194. The van der Waals surface area contributed by atoms with Crippen molar-refractivity contribution in [2.24, 2.45) is 10.7 Å². The van der Waals surface area contributed by atoms with E-state index in [1.54, 1.807) is 42.5 Å². The lowest BCUT2D eigenvalue weighted by molar-refractivity contribution is 0.483. The van der Waals surface area contributed by atoms with Gasteiger partial charge in [-0.1, -0.05) is 23.2 Å². The molecule has 6 heteroatoms. The molecule has 0 bridgehead atoms. The van der Waals surface area contributed by atoms with E-state index in [1.165, 1.54) is 0 Å². The van der Waals surface area contributed by atoms with Crippen LogP contribution in [0.15, 0.2) is 47.5 Å². The van der Waals surface area contributed by atoms with Crippen LogP contribution in [-0.4, -0.2) is 11.7 Å². The molecule has 0 radical (unpaired) electrons. The molecule has 0 spiro atoms. The molecule has 2 aromatic rings. The van der Waals surface area contributed by atoms with E-state index in [4.69, 9.17) is 45.3 Å². The second-order valence-corrected chi connectivity index (χ2v) is 5.08. The summed E-state index contributed by atoms with van der Waals surface area (Å²) >= 11 is 17.4. The first-order chi connectivity index (χ1) is 9.56. The molecule has 2 aromatic carbocycles. The van der Waals surface area contributed by atoms with Crippen LogP contribution in [0.4, 0.5) is 5.69 Å². The number of rotatable bonds is 4. The summed E-state index contributed by atoms with van der Waals surface area (Å²) < 4.78 is 5.65. The summed E-state index contributed by atoms with van der Waals surface area (Å²) in [6.45, 7) is 0. The second-order valence-electron chi connectivity index (χ2n) is 3.94. The Labute approximate surface area is 131 Å². The Bertz CT molecular complexity index is 607. The van der Waals surface area contributed by atoms with Crippen molar-refractivity contribution in [1.82, 2.24) is 0 Å². The molecule has 2 rings (SSSR count). The molecule has 0 atom stereocenters. The van der Waals surface area contributed by atoms with Crippen molar-refractivity contribution >= 4 is 46.3 Å². The quantitative estimate of drug-likeness (QED) is 0.487. The zero-order valence-corrected chi connectivity index (χ0v) is 12.6.